The van der Waals surface area contributed by atoms with Crippen molar-refractivity contribution in [2.45, 2.75) is 26.3 Å². The van der Waals surface area contributed by atoms with Gasteiger partial charge in [0.1, 0.15) is 5.82 Å². The van der Waals surface area contributed by atoms with Crippen LogP contribution in [0.5, 0.6) is 0 Å². The fraction of sp³-hybridized carbons (Fsp3) is 0.235. The molecule has 0 aliphatic rings. The second kappa shape index (κ2) is 7.27. The normalized spacial score (nSPS) is 10.6. The van der Waals surface area contributed by atoms with Gasteiger partial charge in [-0.1, -0.05) is 49.7 Å². The number of halogens is 2. The molecule has 0 radical (unpaired) electrons. The molecule has 116 valence electrons. The zero-order valence-electron chi connectivity index (χ0n) is 12.5. The van der Waals surface area contributed by atoms with Crippen molar-refractivity contribution in [2.24, 2.45) is 0 Å². The van der Waals surface area contributed by atoms with Gasteiger partial charge in [0, 0.05) is 22.8 Å². The lowest BCUT2D eigenvalue weighted by Gasteiger charge is -2.14. The molecular formula is C17H18ClFN2O. The maximum atomic E-state index is 13.6. The molecule has 2 rings (SSSR count). The van der Waals surface area contributed by atoms with E-state index in [0.29, 0.717) is 5.02 Å². The van der Waals surface area contributed by atoms with Crippen LogP contribution in [0.2, 0.25) is 5.02 Å². The highest BCUT2D eigenvalue weighted by atomic mass is 35.5. The van der Waals surface area contributed by atoms with Crippen LogP contribution < -0.4 is 10.6 Å². The average molecular weight is 321 g/mol. The number of benzene rings is 2. The maximum Gasteiger partial charge on any atom is 0.319 e. The number of anilines is 1. The Morgan fingerprint density at radius 3 is 2.59 bits per heavy atom. The van der Waals surface area contributed by atoms with Crippen LogP contribution in [-0.2, 0) is 6.54 Å². The zero-order chi connectivity index (χ0) is 16.1. The zero-order valence-corrected chi connectivity index (χ0v) is 13.2. The van der Waals surface area contributed by atoms with Gasteiger partial charge in [0.25, 0.3) is 0 Å². The predicted octanol–water partition coefficient (Wildman–Crippen LogP) is 4.92. The number of carbonyl (C=O) groups excluding carboxylic acids is 1. The van der Waals surface area contributed by atoms with Crippen LogP contribution in [0.1, 0.15) is 30.9 Å². The Balaban J connectivity index is 2.02. The highest BCUT2D eigenvalue weighted by Gasteiger charge is 2.11. The average Bonchev–Trinajstić information content (AvgIpc) is 2.47. The van der Waals surface area contributed by atoms with E-state index in [9.17, 15) is 9.18 Å². The Morgan fingerprint density at radius 1 is 1.18 bits per heavy atom. The van der Waals surface area contributed by atoms with E-state index in [-0.39, 0.29) is 18.0 Å². The smallest absolute Gasteiger partial charge is 0.319 e. The molecule has 0 saturated carbocycles. The Labute approximate surface area is 134 Å². The first-order valence-electron chi connectivity index (χ1n) is 7.05. The highest BCUT2D eigenvalue weighted by Crippen LogP contribution is 2.23. The second-order valence-electron chi connectivity index (χ2n) is 5.25. The standard InChI is InChI=1S/C17H18ClFN2O/c1-11(2)12-6-3-4-9-16(12)21-17(22)20-10-13-14(18)7-5-8-15(13)19/h3-9,11H,10H2,1-2H3,(H2,20,21,22). The summed E-state index contributed by atoms with van der Waals surface area (Å²) in [4.78, 5) is 12.0. The van der Waals surface area contributed by atoms with Crippen molar-refractivity contribution in [3.63, 3.8) is 0 Å². The monoisotopic (exact) mass is 320 g/mol. The van der Waals surface area contributed by atoms with Gasteiger partial charge in [-0.25, -0.2) is 9.18 Å². The van der Waals surface area contributed by atoms with E-state index in [1.54, 1.807) is 6.07 Å². The fourth-order valence-corrected chi connectivity index (χ4v) is 2.38. The topological polar surface area (TPSA) is 41.1 Å². The first kappa shape index (κ1) is 16.3. The number of rotatable bonds is 4. The Hall–Kier alpha value is -2.07. The lowest BCUT2D eigenvalue weighted by atomic mass is 10.0. The maximum absolute atomic E-state index is 13.6. The van der Waals surface area contributed by atoms with Crippen molar-refractivity contribution in [3.05, 3.63) is 64.4 Å². The van der Waals surface area contributed by atoms with Crippen molar-refractivity contribution in [2.75, 3.05) is 5.32 Å². The number of para-hydroxylation sites is 1. The molecule has 0 spiro atoms. The minimum Gasteiger partial charge on any atom is -0.334 e. The second-order valence-corrected chi connectivity index (χ2v) is 5.66. The summed E-state index contributed by atoms with van der Waals surface area (Å²) in [7, 11) is 0. The molecule has 0 saturated heterocycles. The molecular weight excluding hydrogens is 303 g/mol. The summed E-state index contributed by atoms with van der Waals surface area (Å²) in [5.41, 5.74) is 2.06. The summed E-state index contributed by atoms with van der Waals surface area (Å²) in [6.45, 7) is 4.14. The fourth-order valence-electron chi connectivity index (χ4n) is 2.15. The molecule has 22 heavy (non-hydrogen) atoms. The third kappa shape index (κ3) is 3.98. The van der Waals surface area contributed by atoms with E-state index in [1.807, 2.05) is 24.3 Å². The summed E-state index contributed by atoms with van der Waals surface area (Å²) < 4.78 is 13.6. The van der Waals surface area contributed by atoms with Gasteiger partial charge in [-0.2, -0.15) is 0 Å². The van der Waals surface area contributed by atoms with Crippen LogP contribution in [0.4, 0.5) is 14.9 Å². The molecule has 2 N–H and O–H groups in total. The van der Waals surface area contributed by atoms with Gasteiger partial charge < -0.3 is 10.6 Å². The van der Waals surface area contributed by atoms with E-state index >= 15 is 0 Å². The molecule has 0 aliphatic carbocycles. The van der Waals surface area contributed by atoms with Crippen LogP contribution in [0.25, 0.3) is 0 Å². The molecule has 0 fully saturated rings. The minimum atomic E-state index is -0.435. The number of nitrogens with one attached hydrogen (secondary N) is 2. The van der Waals surface area contributed by atoms with Crippen LogP contribution in [-0.4, -0.2) is 6.03 Å². The van der Waals surface area contributed by atoms with Gasteiger partial charge >= 0.3 is 6.03 Å². The van der Waals surface area contributed by atoms with Crippen molar-refractivity contribution < 1.29 is 9.18 Å². The number of carbonyl (C=O) groups is 1. The molecule has 0 aromatic heterocycles. The van der Waals surface area contributed by atoms with Gasteiger partial charge in [0.2, 0.25) is 0 Å². The largest absolute Gasteiger partial charge is 0.334 e. The molecule has 0 bridgehead atoms. The number of amides is 2. The molecule has 2 aromatic rings. The Bertz CT molecular complexity index is 653. The number of hydrogen-bond donors (Lipinski definition) is 2. The van der Waals surface area contributed by atoms with Crippen LogP contribution in [0, 0.1) is 5.82 Å². The van der Waals surface area contributed by atoms with Gasteiger partial charge in [-0.3, -0.25) is 0 Å². The molecule has 5 heteroatoms. The summed E-state index contributed by atoms with van der Waals surface area (Å²) in [6, 6.07) is 11.6. The van der Waals surface area contributed by atoms with Crippen molar-refractivity contribution in [1.29, 1.82) is 0 Å². The van der Waals surface area contributed by atoms with E-state index in [4.69, 9.17) is 11.6 Å². The first-order valence-corrected chi connectivity index (χ1v) is 7.43. The van der Waals surface area contributed by atoms with Gasteiger partial charge in [-0.15, -0.1) is 0 Å². The molecule has 0 atom stereocenters. The van der Waals surface area contributed by atoms with Crippen LogP contribution >= 0.6 is 11.6 Å². The van der Waals surface area contributed by atoms with E-state index in [0.717, 1.165) is 11.3 Å². The number of urea groups is 1. The first-order chi connectivity index (χ1) is 10.5. The highest BCUT2D eigenvalue weighted by molar-refractivity contribution is 6.31. The Morgan fingerprint density at radius 2 is 1.91 bits per heavy atom. The van der Waals surface area contributed by atoms with Gasteiger partial charge in [-0.05, 0) is 29.7 Å². The molecule has 3 nitrogen and oxygen atoms in total. The lowest BCUT2D eigenvalue weighted by Crippen LogP contribution is -2.29. The summed E-state index contributed by atoms with van der Waals surface area (Å²) in [5.74, 6) is -0.145. The summed E-state index contributed by atoms with van der Waals surface area (Å²) in [5, 5.41) is 5.70. The van der Waals surface area contributed by atoms with Gasteiger partial charge in [0.05, 0.1) is 0 Å². The molecule has 2 amide bonds. The SMILES string of the molecule is CC(C)c1ccccc1NC(=O)NCc1c(F)cccc1Cl. The third-order valence-electron chi connectivity index (χ3n) is 3.32. The summed E-state index contributed by atoms with van der Waals surface area (Å²) >= 11 is 5.93. The predicted molar refractivity (Wildman–Crippen MR) is 87.8 cm³/mol. The van der Waals surface area contributed by atoms with Gasteiger partial charge in [0.15, 0.2) is 0 Å². The lowest BCUT2D eigenvalue weighted by molar-refractivity contribution is 0.251. The van der Waals surface area contributed by atoms with Crippen molar-refractivity contribution in [1.82, 2.24) is 5.32 Å². The van der Waals surface area contributed by atoms with Crippen LogP contribution in [0.3, 0.4) is 0 Å². The third-order valence-corrected chi connectivity index (χ3v) is 3.67. The summed E-state index contributed by atoms with van der Waals surface area (Å²) in [6.07, 6.45) is 0. The molecule has 2 aromatic carbocycles. The quantitative estimate of drug-likeness (QED) is 0.824. The molecule has 0 unspecified atom stereocenters. The van der Waals surface area contributed by atoms with E-state index in [1.165, 1.54) is 12.1 Å². The van der Waals surface area contributed by atoms with Crippen molar-refractivity contribution in [3.8, 4) is 0 Å². The Kier molecular flexibility index (Phi) is 5.39. The molecule has 0 heterocycles. The van der Waals surface area contributed by atoms with E-state index < -0.39 is 11.8 Å². The van der Waals surface area contributed by atoms with Crippen LogP contribution in [0.15, 0.2) is 42.5 Å². The van der Waals surface area contributed by atoms with Crippen molar-refractivity contribution >= 4 is 23.3 Å². The molecule has 0 aliphatic heterocycles. The number of hydrogen-bond acceptors (Lipinski definition) is 1. The van der Waals surface area contributed by atoms with E-state index in [2.05, 4.69) is 24.5 Å². The minimum absolute atomic E-state index is 0.0290.